The lowest BCUT2D eigenvalue weighted by Gasteiger charge is -2.39. The Labute approximate surface area is 139 Å². The van der Waals surface area contributed by atoms with Crippen LogP contribution in [0.5, 0.6) is 0 Å². The third kappa shape index (κ3) is 5.10. The van der Waals surface area contributed by atoms with Crippen molar-refractivity contribution in [2.75, 3.05) is 39.8 Å². The van der Waals surface area contributed by atoms with Crippen LogP contribution in [0.15, 0.2) is 22.5 Å². The van der Waals surface area contributed by atoms with Crippen molar-refractivity contribution in [3.8, 4) is 0 Å². The monoisotopic (exact) mass is 348 g/mol. The molecule has 1 saturated heterocycles. The van der Waals surface area contributed by atoms with Gasteiger partial charge in [-0.05, 0) is 24.8 Å². The van der Waals surface area contributed by atoms with Crippen LogP contribution in [0, 0.1) is 0 Å². The molecule has 1 aromatic heterocycles. The Morgan fingerprint density at radius 3 is 2.57 bits per heavy atom. The number of rotatable bonds is 4. The molecule has 23 heavy (non-hydrogen) atoms. The second-order valence-corrected chi connectivity index (χ2v) is 6.58. The molecule has 1 aromatic rings. The van der Waals surface area contributed by atoms with Crippen LogP contribution in [-0.4, -0.2) is 67.7 Å². The molecule has 0 amide bonds. The maximum absolute atomic E-state index is 12.8. The molecule has 1 N–H and O–H groups in total. The van der Waals surface area contributed by atoms with Crippen molar-refractivity contribution < 1.29 is 13.2 Å². The van der Waals surface area contributed by atoms with Crippen LogP contribution < -0.4 is 5.32 Å². The lowest BCUT2D eigenvalue weighted by atomic mass is 10.2. The lowest BCUT2D eigenvalue weighted by molar-refractivity contribution is -0.181. The van der Waals surface area contributed by atoms with E-state index in [1.165, 1.54) is 16.7 Å². The second-order valence-electron chi connectivity index (χ2n) is 5.54. The second kappa shape index (κ2) is 8.01. The van der Waals surface area contributed by atoms with Gasteiger partial charge in [-0.15, -0.1) is 11.3 Å². The zero-order chi connectivity index (χ0) is 16.9. The van der Waals surface area contributed by atoms with Gasteiger partial charge >= 0.3 is 6.18 Å². The van der Waals surface area contributed by atoms with Gasteiger partial charge < -0.3 is 10.2 Å². The minimum Gasteiger partial charge on any atom is -0.356 e. The summed E-state index contributed by atoms with van der Waals surface area (Å²) in [6, 6.07) is 2.72. The molecule has 0 aromatic carbocycles. The van der Waals surface area contributed by atoms with Crippen molar-refractivity contribution in [3.05, 3.63) is 22.4 Å². The SMILES string of the molecule is CN=C(NCCc1cccs1)N1CCN(C(C)C(F)(F)F)CC1. The Hall–Kier alpha value is -1.28. The third-order valence-electron chi connectivity index (χ3n) is 4.08. The average Bonchev–Trinajstić information content (AvgIpc) is 3.03. The van der Waals surface area contributed by atoms with Crippen molar-refractivity contribution in [1.29, 1.82) is 0 Å². The highest BCUT2D eigenvalue weighted by Crippen LogP contribution is 2.25. The van der Waals surface area contributed by atoms with Gasteiger partial charge in [0.2, 0.25) is 0 Å². The summed E-state index contributed by atoms with van der Waals surface area (Å²) in [7, 11) is 1.71. The van der Waals surface area contributed by atoms with E-state index in [1.54, 1.807) is 18.4 Å². The highest BCUT2D eigenvalue weighted by Gasteiger charge is 2.41. The first-order valence-electron chi connectivity index (χ1n) is 7.70. The van der Waals surface area contributed by atoms with Crippen molar-refractivity contribution in [2.45, 2.75) is 25.6 Å². The molecular formula is C15H23F3N4S. The van der Waals surface area contributed by atoms with Gasteiger partial charge in [-0.1, -0.05) is 6.07 Å². The summed E-state index contributed by atoms with van der Waals surface area (Å²) in [4.78, 5) is 9.05. The molecule has 8 heteroatoms. The summed E-state index contributed by atoms with van der Waals surface area (Å²) in [5.74, 6) is 0.765. The average molecular weight is 348 g/mol. The van der Waals surface area contributed by atoms with Crippen molar-refractivity contribution in [2.24, 2.45) is 4.99 Å². The Kier molecular flexibility index (Phi) is 6.29. The maximum atomic E-state index is 12.8. The fourth-order valence-electron chi connectivity index (χ4n) is 2.61. The van der Waals surface area contributed by atoms with E-state index in [4.69, 9.17) is 0 Å². The van der Waals surface area contributed by atoms with E-state index in [9.17, 15) is 13.2 Å². The number of halogens is 3. The Morgan fingerprint density at radius 2 is 2.04 bits per heavy atom. The molecule has 0 spiro atoms. The van der Waals surface area contributed by atoms with E-state index in [1.807, 2.05) is 16.3 Å². The zero-order valence-corrected chi connectivity index (χ0v) is 14.3. The molecule has 0 radical (unpaired) electrons. The Morgan fingerprint density at radius 1 is 1.35 bits per heavy atom. The number of piperazine rings is 1. The van der Waals surface area contributed by atoms with Crippen LogP contribution >= 0.6 is 11.3 Å². The molecule has 130 valence electrons. The number of guanidine groups is 1. The van der Waals surface area contributed by atoms with Gasteiger partial charge in [-0.3, -0.25) is 9.89 Å². The number of nitrogens with zero attached hydrogens (tertiary/aromatic N) is 3. The fourth-order valence-corrected chi connectivity index (χ4v) is 3.32. The van der Waals surface area contributed by atoms with Crippen molar-refractivity contribution in [1.82, 2.24) is 15.1 Å². The van der Waals surface area contributed by atoms with Gasteiger partial charge in [-0.2, -0.15) is 13.2 Å². The van der Waals surface area contributed by atoms with E-state index >= 15 is 0 Å². The predicted octanol–water partition coefficient (Wildman–Crippen LogP) is 2.43. The molecule has 1 unspecified atom stereocenters. The molecule has 1 aliphatic heterocycles. The van der Waals surface area contributed by atoms with Crippen molar-refractivity contribution in [3.63, 3.8) is 0 Å². The molecule has 1 aliphatic rings. The molecule has 0 aliphatic carbocycles. The molecule has 1 atom stereocenters. The molecule has 0 saturated carbocycles. The molecular weight excluding hydrogens is 325 g/mol. The van der Waals surface area contributed by atoms with Gasteiger partial charge in [0.1, 0.15) is 6.04 Å². The summed E-state index contributed by atoms with van der Waals surface area (Å²) in [5.41, 5.74) is 0. The van der Waals surface area contributed by atoms with Crippen LogP contribution in [0.4, 0.5) is 13.2 Å². The Balaban J connectivity index is 1.78. The van der Waals surface area contributed by atoms with Gasteiger partial charge in [0, 0.05) is 44.6 Å². The summed E-state index contributed by atoms with van der Waals surface area (Å²) in [6.07, 6.45) is -3.25. The van der Waals surface area contributed by atoms with Crippen LogP contribution in [0.1, 0.15) is 11.8 Å². The summed E-state index contributed by atoms with van der Waals surface area (Å²) in [6.45, 7) is 3.90. The molecule has 1 fully saturated rings. The quantitative estimate of drug-likeness (QED) is 0.670. The highest BCUT2D eigenvalue weighted by atomic mass is 32.1. The zero-order valence-electron chi connectivity index (χ0n) is 13.4. The van der Waals surface area contributed by atoms with Gasteiger partial charge in [0.25, 0.3) is 0 Å². The third-order valence-corrected chi connectivity index (χ3v) is 5.02. The van der Waals surface area contributed by atoms with Gasteiger partial charge in [0.05, 0.1) is 0 Å². The van der Waals surface area contributed by atoms with E-state index in [0.29, 0.717) is 26.2 Å². The fraction of sp³-hybridized carbons (Fsp3) is 0.667. The molecule has 0 bridgehead atoms. The van der Waals surface area contributed by atoms with Crippen molar-refractivity contribution >= 4 is 17.3 Å². The van der Waals surface area contributed by atoms with Crippen LogP contribution in [0.25, 0.3) is 0 Å². The topological polar surface area (TPSA) is 30.9 Å². The molecule has 4 nitrogen and oxygen atoms in total. The minimum absolute atomic E-state index is 0.395. The van der Waals surface area contributed by atoms with E-state index in [0.717, 1.165) is 18.9 Å². The summed E-state index contributed by atoms with van der Waals surface area (Å²) < 4.78 is 38.3. The normalized spacial score (nSPS) is 19.0. The smallest absolute Gasteiger partial charge is 0.356 e. The van der Waals surface area contributed by atoms with Gasteiger partial charge in [-0.25, -0.2) is 0 Å². The van der Waals surface area contributed by atoms with E-state index in [2.05, 4.69) is 16.4 Å². The highest BCUT2D eigenvalue weighted by molar-refractivity contribution is 7.09. The number of hydrogen-bond acceptors (Lipinski definition) is 3. The number of aliphatic imine (C=N–C) groups is 1. The first-order chi connectivity index (χ1) is 10.9. The molecule has 2 heterocycles. The summed E-state index contributed by atoms with van der Waals surface area (Å²) >= 11 is 1.72. The number of nitrogens with one attached hydrogen (secondary N) is 1. The number of hydrogen-bond donors (Lipinski definition) is 1. The van der Waals surface area contributed by atoms with E-state index < -0.39 is 12.2 Å². The predicted molar refractivity (Wildman–Crippen MR) is 88.0 cm³/mol. The summed E-state index contributed by atoms with van der Waals surface area (Å²) in [5, 5.41) is 5.34. The Bertz CT molecular complexity index is 493. The van der Waals surface area contributed by atoms with Gasteiger partial charge in [0.15, 0.2) is 5.96 Å². The lowest BCUT2D eigenvalue weighted by Crippen LogP contribution is -2.56. The molecule has 2 rings (SSSR count). The number of thiophene rings is 1. The largest absolute Gasteiger partial charge is 0.403 e. The van der Waals surface area contributed by atoms with Crippen LogP contribution in [-0.2, 0) is 6.42 Å². The standard InChI is InChI=1S/C15H23F3N4S/c1-12(15(16,17)18)21-7-9-22(10-8-21)14(19-2)20-6-5-13-4-3-11-23-13/h3-4,11-12H,5-10H2,1-2H3,(H,19,20). The first-order valence-corrected chi connectivity index (χ1v) is 8.58. The number of alkyl halides is 3. The minimum atomic E-state index is -4.16. The first kappa shape index (κ1) is 18.1. The maximum Gasteiger partial charge on any atom is 0.403 e. The van der Waals surface area contributed by atoms with Crippen LogP contribution in [0.2, 0.25) is 0 Å². The van der Waals surface area contributed by atoms with E-state index in [-0.39, 0.29) is 0 Å². The van der Waals surface area contributed by atoms with Crippen LogP contribution in [0.3, 0.4) is 0 Å².